The molecule has 1 aromatic heterocycles. The number of rotatable bonds is 5. The van der Waals surface area contributed by atoms with Crippen LogP contribution in [0.15, 0.2) is 9.64 Å². The molecule has 4 fully saturated rings. The van der Waals surface area contributed by atoms with E-state index in [1.165, 1.54) is 43.9 Å². The Kier molecular flexibility index (Phi) is 4.12. The van der Waals surface area contributed by atoms with Crippen molar-refractivity contribution in [1.29, 1.82) is 0 Å². The van der Waals surface area contributed by atoms with Crippen LogP contribution in [-0.4, -0.2) is 27.9 Å². The first-order valence-corrected chi connectivity index (χ1v) is 9.82. The van der Waals surface area contributed by atoms with Crippen LogP contribution in [0.25, 0.3) is 0 Å². The maximum absolute atomic E-state index is 12.3. The van der Waals surface area contributed by atoms with Gasteiger partial charge in [-0.15, -0.1) is 10.2 Å². The van der Waals surface area contributed by atoms with Crippen LogP contribution in [0.4, 0.5) is 0 Å². The maximum atomic E-state index is 12.3. The van der Waals surface area contributed by atoms with Gasteiger partial charge in [-0.1, -0.05) is 25.6 Å². The van der Waals surface area contributed by atoms with Crippen LogP contribution in [0.2, 0.25) is 0 Å². The molecule has 4 aliphatic carbocycles. The predicted octanol–water partition coefficient (Wildman–Crippen LogP) is 3.23. The lowest BCUT2D eigenvalue weighted by atomic mass is 9.54. The first-order valence-electron chi connectivity index (χ1n) is 8.84. The molecule has 0 spiro atoms. The van der Waals surface area contributed by atoms with Crippen LogP contribution in [0.3, 0.4) is 0 Å². The Hall–Kier alpha value is -1.04. The third kappa shape index (κ3) is 3.14. The first-order chi connectivity index (χ1) is 11.1. The number of hydrogen-bond acceptors (Lipinski definition) is 5. The lowest BCUT2D eigenvalue weighted by Crippen LogP contribution is -2.56. The fourth-order valence-corrected chi connectivity index (χ4v) is 5.61. The lowest BCUT2D eigenvalue weighted by molar-refractivity contribution is -0.122. The molecule has 5 rings (SSSR count). The minimum atomic E-state index is 0.108. The molecule has 1 heterocycles. The van der Waals surface area contributed by atoms with Crippen molar-refractivity contribution in [1.82, 2.24) is 15.5 Å². The van der Waals surface area contributed by atoms with Crippen molar-refractivity contribution in [3.63, 3.8) is 0 Å². The van der Waals surface area contributed by atoms with E-state index in [0.29, 0.717) is 22.9 Å². The van der Waals surface area contributed by atoms with Crippen LogP contribution in [0, 0.1) is 23.7 Å². The summed E-state index contributed by atoms with van der Waals surface area (Å²) >= 11 is 1.34. The molecule has 23 heavy (non-hydrogen) atoms. The van der Waals surface area contributed by atoms with Crippen molar-refractivity contribution in [2.45, 2.75) is 63.1 Å². The molecule has 6 heteroatoms. The topological polar surface area (TPSA) is 68.0 Å². The predicted molar refractivity (Wildman–Crippen MR) is 88.1 cm³/mol. The molecule has 4 bridgehead atoms. The number of carbonyl (C=O) groups excluding carboxylic acids is 1. The molecule has 5 nitrogen and oxygen atoms in total. The molecule has 4 aliphatic rings. The van der Waals surface area contributed by atoms with Gasteiger partial charge in [0.25, 0.3) is 5.22 Å². The highest BCUT2D eigenvalue weighted by atomic mass is 32.2. The van der Waals surface area contributed by atoms with E-state index in [1.54, 1.807) is 0 Å². The molecule has 126 valence electrons. The van der Waals surface area contributed by atoms with E-state index in [0.717, 1.165) is 23.7 Å². The third-order valence-corrected chi connectivity index (χ3v) is 6.62. The van der Waals surface area contributed by atoms with Crippen molar-refractivity contribution in [2.75, 3.05) is 5.75 Å². The minimum Gasteiger partial charge on any atom is -0.416 e. The van der Waals surface area contributed by atoms with Crippen LogP contribution in [0.1, 0.15) is 57.8 Å². The third-order valence-electron chi connectivity index (χ3n) is 5.80. The van der Waals surface area contributed by atoms with Crippen LogP contribution in [-0.2, 0) is 4.79 Å². The highest BCUT2D eigenvalue weighted by molar-refractivity contribution is 7.99. The molecule has 0 aromatic carbocycles. The fraction of sp³-hybridized carbons (Fsp3) is 0.824. The number of nitrogens with one attached hydrogen (secondary N) is 1. The molecule has 1 aromatic rings. The van der Waals surface area contributed by atoms with Gasteiger partial charge in [0.1, 0.15) is 0 Å². The van der Waals surface area contributed by atoms with E-state index in [4.69, 9.17) is 4.42 Å². The zero-order valence-electron chi connectivity index (χ0n) is 13.8. The highest BCUT2D eigenvalue weighted by Crippen LogP contribution is 2.53. The van der Waals surface area contributed by atoms with Gasteiger partial charge in [0.15, 0.2) is 0 Å². The van der Waals surface area contributed by atoms with Gasteiger partial charge in [-0.3, -0.25) is 4.79 Å². The maximum Gasteiger partial charge on any atom is 0.277 e. The Labute approximate surface area is 141 Å². The van der Waals surface area contributed by atoms with E-state index < -0.39 is 0 Å². The van der Waals surface area contributed by atoms with E-state index >= 15 is 0 Å². The number of thioether (sulfide) groups is 1. The second-order valence-electron chi connectivity index (χ2n) is 7.87. The lowest BCUT2D eigenvalue weighted by Gasteiger charge is -2.54. The van der Waals surface area contributed by atoms with Gasteiger partial charge in [0, 0.05) is 12.0 Å². The Morgan fingerprint density at radius 3 is 2.39 bits per heavy atom. The zero-order valence-corrected chi connectivity index (χ0v) is 14.6. The second kappa shape index (κ2) is 6.11. The second-order valence-corrected chi connectivity index (χ2v) is 8.80. The van der Waals surface area contributed by atoms with Gasteiger partial charge < -0.3 is 9.73 Å². The van der Waals surface area contributed by atoms with Crippen molar-refractivity contribution < 1.29 is 9.21 Å². The summed E-state index contributed by atoms with van der Waals surface area (Å²) in [7, 11) is 0. The van der Waals surface area contributed by atoms with Gasteiger partial charge in [0.2, 0.25) is 11.8 Å². The Bertz CT molecular complexity index is 558. The van der Waals surface area contributed by atoms with Crippen molar-refractivity contribution in [3.05, 3.63) is 5.89 Å². The largest absolute Gasteiger partial charge is 0.416 e. The molecule has 1 amide bonds. The standard InChI is InChI=1S/C17H25N3O2S/c1-9(2)16-19-20-17(22-16)23-8-14(21)18-15-12-4-10-3-11(6-12)7-13(15)5-10/h9-13,15H,3-8H2,1-2H3,(H,18,21). The van der Waals surface area contributed by atoms with Crippen molar-refractivity contribution >= 4 is 17.7 Å². The van der Waals surface area contributed by atoms with Crippen LogP contribution < -0.4 is 5.32 Å². The average Bonchev–Trinajstić information content (AvgIpc) is 2.97. The van der Waals surface area contributed by atoms with Gasteiger partial charge in [0.05, 0.1) is 5.75 Å². The van der Waals surface area contributed by atoms with Gasteiger partial charge in [-0.2, -0.15) is 0 Å². The number of nitrogens with zero attached hydrogens (tertiary/aromatic N) is 2. The van der Waals surface area contributed by atoms with Crippen LogP contribution in [0.5, 0.6) is 0 Å². The first kappa shape index (κ1) is 15.5. The van der Waals surface area contributed by atoms with Gasteiger partial charge in [-0.25, -0.2) is 0 Å². The summed E-state index contributed by atoms with van der Waals surface area (Å²) in [5.41, 5.74) is 0. The Balaban J connectivity index is 1.30. The molecular formula is C17H25N3O2S. The monoisotopic (exact) mass is 335 g/mol. The number of carbonyl (C=O) groups is 1. The SMILES string of the molecule is CC(C)c1nnc(SCC(=O)NC2C3CC4CC(C3)CC2C4)o1. The summed E-state index contributed by atoms with van der Waals surface area (Å²) < 4.78 is 5.54. The molecule has 0 radical (unpaired) electrons. The minimum absolute atomic E-state index is 0.108. The van der Waals surface area contributed by atoms with E-state index in [9.17, 15) is 4.79 Å². The number of amides is 1. The van der Waals surface area contributed by atoms with Crippen molar-refractivity contribution in [2.24, 2.45) is 23.7 Å². The summed E-state index contributed by atoms with van der Waals surface area (Å²) in [5.74, 6) is 4.64. The summed E-state index contributed by atoms with van der Waals surface area (Å²) in [6, 6.07) is 0.407. The van der Waals surface area contributed by atoms with Crippen molar-refractivity contribution in [3.8, 4) is 0 Å². The molecule has 0 saturated heterocycles. The number of hydrogen-bond donors (Lipinski definition) is 1. The Morgan fingerprint density at radius 1 is 1.17 bits per heavy atom. The fourth-order valence-electron chi connectivity index (χ4n) is 5.03. The molecule has 0 unspecified atom stereocenters. The zero-order chi connectivity index (χ0) is 16.0. The van der Waals surface area contributed by atoms with Gasteiger partial charge in [-0.05, 0) is 55.8 Å². The molecule has 0 aliphatic heterocycles. The number of aromatic nitrogens is 2. The van der Waals surface area contributed by atoms with E-state index in [-0.39, 0.29) is 11.8 Å². The quantitative estimate of drug-likeness (QED) is 0.837. The molecular weight excluding hydrogens is 310 g/mol. The average molecular weight is 335 g/mol. The summed E-state index contributed by atoms with van der Waals surface area (Å²) in [6.45, 7) is 4.03. The van der Waals surface area contributed by atoms with Crippen LogP contribution >= 0.6 is 11.8 Å². The van der Waals surface area contributed by atoms with Gasteiger partial charge >= 0.3 is 0 Å². The molecule has 1 N–H and O–H groups in total. The smallest absolute Gasteiger partial charge is 0.277 e. The van der Waals surface area contributed by atoms with E-state index in [2.05, 4.69) is 15.5 Å². The summed E-state index contributed by atoms with van der Waals surface area (Å²) in [6.07, 6.45) is 6.75. The molecule has 4 saturated carbocycles. The molecule has 0 atom stereocenters. The van der Waals surface area contributed by atoms with E-state index in [1.807, 2.05) is 13.8 Å². The normalized spacial score (nSPS) is 35.0. The Morgan fingerprint density at radius 2 is 1.83 bits per heavy atom. The summed E-state index contributed by atoms with van der Waals surface area (Å²) in [5, 5.41) is 11.8. The summed E-state index contributed by atoms with van der Waals surface area (Å²) in [4.78, 5) is 12.3. The highest BCUT2D eigenvalue weighted by Gasteiger charge is 2.48.